The molecule has 15 heavy (non-hydrogen) atoms. The second-order valence-corrected chi connectivity index (χ2v) is 4.21. The van der Waals surface area contributed by atoms with Crippen molar-refractivity contribution in [2.45, 2.75) is 6.42 Å². The Bertz CT molecular complexity index is 388. The molecule has 0 bridgehead atoms. The third-order valence-corrected chi connectivity index (χ3v) is 2.53. The first kappa shape index (κ1) is 12.3. The molecule has 0 amide bonds. The molecular weight excluding hydrogens is 279 g/mol. The summed E-state index contributed by atoms with van der Waals surface area (Å²) in [6, 6.07) is 5.16. The smallest absolute Gasteiger partial charge is 0.336 e. The van der Waals surface area contributed by atoms with Gasteiger partial charge in [-0.1, -0.05) is 34.1 Å². The highest BCUT2D eigenvalue weighted by molar-refractivity contribution is 9.10. The van der Waals surface area contributed by atoms with Gasteiger partial charge in [0.25, 0.3) is 0 Å². The SMILES string of the molecule is O=C(O)c1cc(Br)ccc1C=CCCCl. The predicted molar refractivity (Wildman–Crippen MR) is 65.5 cm³/mol. The maximum atomic E-state index is 10.9. The van der Waals surface area contributed by atoms with Crippen LogP contribution in [0.15, 0.2) is 28.7 Å². The zero-order valence-electron chi connectivity index (χ0n) is 7.91. The minimum atomic E-state index is -0.929. The Kier molecular flexibility index (Phi) is 4.85. The van der Waals surface area contributed by atoms with Crippen LogP contribution in [-0.2, 0) is 0 Å². The average Bonchev–Trinajstić information content (AvgIpc) is 2.20. The van der Waals surface area contributed by atoms with E-state index >= 15 is 0 Å². The van der Waals surface area contributed by atoms with Gasteiger partial charge in [0.05, 0.1) is 5.56 Å². The van der Waals surface area contributed by atoms with Crippen molar-refractivity contribution in [3.63, 3.8) is 0 Å². The number of aromatic carboxylic acids is 1. The average molecular weight is 290 g/mol. The molecule has 0 radical (unpaired) electrons. The zero-order valence-corrected chi connectivity index (χ0v) is 10.3. The normalized spacial score (nSPS) is 10.8. The molecule has 2 nitrogen and oxygen atoms in total. The highest BCUT2D eigenvalue weighted by Gasteiger charge is 2.07. The second kappa shape index (κ2) is 5.93. The van der Waals surface area contributed by atoms with Crippen LogP contribution >= 0.6 is 27.5 Å². The molecule has 0 fully saturated rings. The maximum absolute atomic E-state index is 10.9. The van der Waals surface area contributed by atoms with Crippen LogP contribution in [0.5, 0.6) is 0 Å². The minimum absolute atomic E-state index is 0.287. The van der Waals surface area contributed by atoms with Crippen molar-refractivity contribution in [2.75, 3.05) is 5.88 Å². The van der Waals surface area contributed by atoms with Crippen LogP contribution in [0, 0.1) is 0 Å². The number of carboxylic acids is 1. The fraction of sp³-hybridized carbons (Fsp3) is 0.182. The molecule has 80 valence electrons. The highest BCUT2D eigenvalue weighted by Crippen LogP contribution is 2.18. The molecule has 1 N–H and O–H groups in total. The summed E-state index contributed by atoms with van der Waals surface area (Å²) < 4.78 is 0.759. The highest BCUT2D eigenvalue weighted by atomic mass is 79.9. The maximum Gasteiger partial charge on any atom is 0.336 e. The second-order valence-electron chi connectivity index (χ2n) is 2.92. The van der Waals surface area contributed by atoms with Crippen molar-refractivity contribution < 1.29 is 9.90 Å². The van der Waals surface area contributed by atoms with Crippen molar-refractivity contribution in [3.8, 4) is 0 Å². The van der Waals surface area contributed by atoms with Gasteiger partial charge in [0, 0.05) is 10.4 Å². The van der Waals surface area contributed by atoms with Gasteiger partial charge < -0.3 is 5.11 Å². The van der Waals surface area contributed by atoms with Crippen LogP contribution in [0.4, 0.5) is 0 Å². The van der Waals surface area contributed by atoms with Gasteiger partial charge in [-0.25, -0.2) is 4.79 Å². The van der Waals surface area contributed by atoms with Crippen molar-refractivity contribution in [3.05, 3.63) is 39.9 Å². The van der Waals surface area contributed by atoms with Gasteiger partial charge in [-0.2, -0.15) is 0 Å². The quantitative estimate of drug-likeness (QED) is 0.856. The Morgan fingerprint density at radius 1 is 1.53 bits per heavy atom. The van der Waals surface area contributed by atoms with Crippen LogP contribution in [0.1, 0.15) is 22.3 Å². The van der Waals surface area contributed by atoms with E-state index in [4.69, 9.17) is 16.7 Å². The fourth-order valence-electron chi connectivity index (χ4n) is 1.13. The Labute approximate surface area is 102 Å². The lowest BCUT2D eigenvalue weighted by Crippen LogP contribution is -1.99. The van der Waals surface area contributed by atoms with E-state index in [0.29, 0.717) is 11.4 Å². The van der Waals surface area contributed by atoms with E-state index in [1.807, 2.05) is 12.1 Å². The Morgan fingerprint density at radius 3 is 2.87 bits per heavy atom. The van der Waals surface area contributed by atoms with Crippen LogP contribution < -0.4 is 0 Å². The van der Waals surface area contributed by atoms with Gasteiger partial charge in [0.2, 0.25) is 0 Å². The van der Waals surface area contributed by atoms with Gasteiger partial charge in [0.1, 0.15) is 0 Å². The molecule has 0 aliphatic heterocycles. The predicted octanol–water partition coefficient (Wildman–Crippen LogP) is 3.79. The van der Waals surface area contributed by atoms with Crippen molar-refractivity contribution in [2.24, 2.45) is 0 Å². The topological polar surface area (TPSA) is 37.3 Å². The van der Waals surface area contributed by atoms with E-state index in [-0.39, 0.29) is 5.56 Å². The third-order valence-electron chi connectivity index (χ3n) is 1.82. The summed E-state index contributed by atoms with van der Waals surface area (Å²) in [6.07, 6.45) is 4.37. The largest absolute Gasteiger partial charge is 0.478 e. The van der Waals surface area contributed by atoms with Gasteiger partial charge in [-0.05, 0) is 24.1 Å². The summed E-state index contributed by atoms with van der Waals surface area (Å²) in [5.41, 5.74) is 0.978. The lowest BCUT2D eigenvalue weighted by Gasteiger charge is -2.01. The summed E-state index contributed by atoms with van der Waals surface area (Å²) in [5, 5.41) is 8.97. The molecule has 1 aromatic carbocycles. The van der Waals surface area contributed by atoms with Crippen LogP contribution in [0.2, 0.25) is 0 Å². The minimum Gasteiger partial charge on any atom is -0.478 e. The summed E-state index contributed by atoms with van der Waals surface area (Å²) in [6.45, 7) is 0. The van der Waals surface area contributed by atoms with Crippen LogP contribution in [0.25, 0.3) is 6.08 Å². The number of halogens is 2. The zero-order chi connectivity index (χ0) is 11.3. The number of alkyl halides is 1. The molecule has 0 saturated heterocycles. The first-order valence-electron chi connectivity index (χ1n) is 4.40. The molecular formula is C11H10BrClO2. The Morgan fingerprint density at radius 2 is 2.27 bits per heavy atom. The van der Waals surface area contributed by atoms with Crippen molar-refractivity contribution >= 4 is 39.6 Å². The summed E-state index contributed by atoms with van der Waals surface area (Å²) in [4.78, 5) is 10.9. The third kappa shape index (κ3) is 3.68. The summed E-state index contributed by atoms with van der Waals surface area (Å²) >= 11 is 8.76. The number of carbonyl (C=O) groups is 1. The summed E-state index contributed by atoms with van der Waals surface area (Å²) in [5.74, 6) is -0.392. The lowest BCUT2D eigenvalue weighted by atomic mass is 10.1. The molecule has 0 spiro atoms. The first-order valence-corrected chi connectivity index (χ1v) is 5.73. The molecule has 0 saturated carbocycles. The van der Waals surface area contributed by atoms with Gasteiger partial charge in [-0.3, -0.25) is 0 Å². The standard InChI is InChI=1S/C11H10BrClO2/c12-9-5-4-8(3-1-2-6-13)10(7-9)11(14)15/h1,3-5,7H,2,6H2,(H,14,15). The van der Waals surface area contributed by atoms with Gasteiger partial charge in [-0.15, -0.1) is 11.6 Å². The molecule has 1 aromatic rings. The molecule has 0 atom stereocenters. The first-order chi connectivity index (χ1) is 7.15. The molecule has 0 aromatic heterocycles. The van der Waals surface area contributed by atoms with Crippen LogP contribution in [-0.4, -0.2) is 17.0 Å². The number of allylic oxidation sites excluding steroid dienone is 1. The van der Waals surface area contributed by atoms with Gasteiger partial charge in [0.15, 0.2) is 0 Å². The van der Waals surface area contributed by atoms with E-state index in [2.05, 4.69) is 15.9 Å². The monoisotopic (exact) mass is 288 g/mol. The number of hydrogen-bond acceptors (Lipinski definition) is 1. The van der Waals surface area contributed by atoms with E-state index in [0.717, 1.165) is 10.9 Å². The molecule has 0 aliphatic carbocycles. The number of carboxylic acid groups (broad SMARTS) is 1. The van der Waals surface area contributed by atoms with Crippen molar-refractivity contribution in [1.29, 1.82) is 0 Å². The molecule has 1 rings (SSSR count). The number of benzene rings is 1. The molecule has 4 heteroatoms. The molecule has 0 heterocycles. The molecule has 0 aliphatic rings. The Hall–Kier alpha value is -0.800. The van der Waals surface area contributed by atoms with E-state index < -0.39 is 5.97 Å². The van der Waals surface area contributed by atoms with Crippen molar-refractivity contribution in [1.82, 2.24) is 0 Å². The molecule has 0 unspecified atom stereocenters. The van der Waals surface area contributed by atoms with Gasteiger partial charge >= 0.3 is 5.97 Å². The lowest BCUT2D eigenvalue weighted by molar-refractivity contribution is 0.0696. The van der Waals surface area contributed by atoms with E-state index in [1.165, 1.54) is 0 Å². The summed E-state index contributed by atoms with van der Waals surface area (Å²) in [7, 11) is 0. The van der Waals surface area contributed by atoms with Crippen LogP contribution in [0.3, 0.4) is 0 Å². The van der Waals surface area contributed by atoms with E-state index in [9.17, 15) is 4.79 Å². The fourth-order valence-corrected chi connectivity index (χ4v) is 1.62. The van der Waals surface area contributed by atoms with E-state index in [1.54, 1.807) is 18.2 Å². The Balaban J connectivity index is 3.01. The number of hydrogen-bond donors (Lipinski definition) is 1. The number of rotatable bonds is 4.